The summed E-state index contributed by atoms with van der Waals surface area (Å²) >= 11 is 0. The molecule has 2 unspecified atom stereocenters. The second kappa shape index (κ2) is 4.60. The SMILES string of the molecule is CC1(C)C2Cc3ccc(O)cc3C1(c1ccccc1)CCN2. The molecule has 114 valence electrons. The fourth-order valence-corrected chi connectivity index (χ4v) is 4.87. The van der Waals surface area contributed by atoms with Gasteiger partial charge >= 0.3 is 0 Å². The number of aromatic hydroxyl groups is 1. The Balaban J connectivity index is 2.05. The zero-order chi connectivity index (χ0) is 15.4. The van der Waals surface area contributed by atoms with E-state index in [1.807, 2.05) is 12.1 Å². The number of phenolic OH excluding ortho intramolecular Hbond substituents is 1. The van der Waals surface area contributed by atoms with Crippen molar-refractivity contribution < 1.29 is 5.11 Å². The number of hydrogen-bond donors (Lipinski definition) is 2. The number of nitrogens with one attached hydrogen (secondary N) is 1. The number of hydrogen-bond acceptors (Lipinski definition) is 2. The average Bonchev–Trinajstić information content (AvgIpc) is 2.49. The molecule has 0 aromatic heterocycles. The topological polar surface area (TPSA) is 32.3 Å². The minimum atomic E-state index is -0.0313. The summed E-state index contributed by atoms with van der Waals surface area (Å²) in [5.74, 6) is 0.377. The fraction of sp³-hybridized carbons (Fsp3) is 0.400. The summed E-state index contributed by atoms with van der Waals surface area (Å²) in [5.41, 5.74) is 4.14. The monoisotopic (exact) mass is 293 g/mol. The van der Waals surface area contributed by atoms with Crippen LogP contribution in [0.4, 0.5) is 0 Å². The number of piperidine rings is 1. The molecular weight excluding hydrogens is 270 g/mol. The summed E-state index contributed by atoms with van der Waals surface area (Å²) in [4.78, 5) is 0. The molecule has 1 aliphatic carbocycles. The Kier molecular flexibility index (Phi) is 2.89. The molecule has 1 fully saturated rings. The summed E-state index contributed by atoms with van der Waals surface area (Å²) < 4.78 is 0. The summed E-state index contributed by atoms with van der Waals surface area (Å²) in [6.07, 6.45) is 2.11. The van der Waals surface area contributed by atoms with Gasteiger partial charge in [-0.15, -0.1) is 0 Å². The summed E-state index contributed by atoms with van der Waals surface area (Å²) in [5, 5.41) is 13.8. The largest absolute Gasteiger partial charge is 0.508 e. The predicted molar refractivity (Wildman–Crippen MR) is 89.2 cm³/mol. The van der Waals surface area contributed by atoms with Crippen LogP contribution in [0.5, 0.6) is 5.75 Å². The Bertz CT molecular complexity index is 707. The van der Waals surface area contributed by atoms with Gasteiger partial charge in [0.05, 0.1) is 0 Å². The van der Waals surface area contributed by atoms with Crippen LogP contribution in [0.25, 0.3) is 0 Å². The van der Waals surface area contributed by atoms with Gasteiger partial charge in [0.25, 0.3) is 0 Å². The van der Waals surface area contributed by atoms with Crippen molar-refractivity contribution >= 4 is 0 Å². The van der Waals surface area contributed by atoms with Crippen LogP contribution in [0.1, 0.15) is 37.0 Å². The summed E-state index contributed by atoms with van der Waals surface area (Å²) in [6.45, 7) is 5.78. The minimum absolute atomic E-state index is 0.0313. The van der Waals surface area contributed by atoms with Gasteiger partial charge in [0, 0.05) is 11.5 Å². The Morgan fingerprint density at radius 1 is 1.09 bits per heavy atom. The van der Waals surface area contributed by atoms with Gasteiger partial charge < -0.3 is 10.4 Å². The third-order valence-corrected chi connectivity index (χ3v) is 6.11. The first-order valence-electron chi connectivity index (χ1n) is 8.17. The molecule has 2 aromatic rings. The van der Waals surface area contributed by atoms with Crippen LogP contribution in [0.2, 0.25) is 0 Å². The molecule has 1 aliphatic heterocycles. The van der Waals surface area contributed by atoms with E-state index in [4.69, 9.17) is 0 Å². The van der Waals surface area contributed by atoms with Crippen LogP contribution in [-0.4, -0.2) is 17.7 Å². The number of rotatable bonds is 1. The molecule has 0 spiro atoms. The van der Waals surface area contributed by atoms with Crippen molar-refractivity contribution in [1.29, 1.82) is 0 Å². The maximum absolute atomic E-state index is 10.1. The van der Waals surface area contributed by atoms with Crippen molar-refractivity contribution in [2.24, 2.45) is 5.41 Å². The van der Waals surface area contributed by atoms with Crippen molar-refractivity contribution in [2.75, 3.05) is 6.54 Å². The van der Waals surface area contributed by atoms with Gasteiger partial charge in [0.2, 0.25) is 0 Å². The molecule has 1 heterocycles. The van der Waals surface area contributed by atoms with Gasteiger partial charge in [-0.25, -0.2) is 0 Å². The first-order chi connectivity index (χ1) is 10.6. The Labute approximate surface area is 132 Å². The molecule has 0 saturated carbocycles. The van der Waals surface area contributed by atoms with Gasteiger partial charge in [0.1, 0.15) is 5.75 Å². The Morgan fingerprint density at radius 3 is 2.64 bits per heavy atom. The van der Waals surface area contributed by atoms with E-state index in [-0.39, 0.29) is 10.8 Å². The molecule has 2 bridgehead atoms. The smallest absolute Gasteiger partial charge is 0.115 e. The molecule has 2 N–H and O–H groups in total. The summed E-state index contributed by atoms with van der Waals surface area (Å²) in [6, 6.07) is 17.3. The van der Waals surface area contributed by atoms with Crippen molar-refractivity contribution in [3.63, 3.8) is 0 Å². The van der Waals surface area contributed by atoms with Gasteiger partial charge in [-0.1, -0.05) is 50.2 Å². The van der Waals surface area contributed by atoms with Gasteiger partial charge in [-0.2, -0.15) is 0 Å². The van der Waals surface area contributed by atoms with E-state index < -0.39 is 0 Å². The third kappa shape index (κ3) is 1.65. The minimum Gasteiger partial charge on any atom is -0.508 e. The maximum Gasteiger partial charge on any atom is 0.115 e. The molecular formula is C20H23NO. The lowest BCUT2D eigenvalue weighted by atomic mass is 9.48. The molecule has 0 radical (unpaired) electrons. The molecule has 0 amide bonds. The first-order valence-corrected chi connectivity index (χ1v) is 8.17. The molecule has 2 aromatic carbocycles. The quantitative estimate of drug-likeness (QED) is 0.841. The molecule has 2 aliphatic rings. The molecule has 22 heavy (non-hydrogen) atoms. The molecule has 2 atom stereocenters. The maximum atomic E-state index is 10.1. The fourth-order valence-electron chi connectivity index (χ4n) is 4.87. The zero-order valence-electron chi connectivity index (χ0n) is 13.3. The van der Waals surface area contributed by atoms with Crippen LogP contribution in [0.3, 0.4) is 0 Å². The van der Waals surface area contributed by atoms with Gasteiger partial charge in [-0.05, 0) is 53.6 Å². The lowest BCUT2D eigenvalue weighted by molar-refractivity contribution is 0.0712. The second-order valence-corrected chi connectivity index (χ2v) is 7.30. The highest BCUT2D eigenvalue weighted by Crippen LogP contribution is 2.57. The van der Waals surface area contributed by atoms with E-state index in [1.165, 1.54) is 16.7 Å². The van der Waals surface area contributed by atoms with Crippen molar-refractivity contribution in [3.8, 4) is 5.75 Å². The first kappa shape index (κ1) is 13.8. The lowest BCUT2D eigenvalue weighted by Gasteiger charge is -2.59. The van der Waals surface area contributed by atoms with Crippen molar-refractivity contribution in [1.82, 2.24) is 5.32 Å². The van der Waals surface area contributed by atoms with E-state index in [9.17, 15) is 5.11 Å². The van der Waals surface area contributed by atoms with Crippen molar-refractivity contribution in [3.05, 3.63) is 65.2 Å². The van der Waals surface area contributed by atoms with Crippen LogP contribution in [-0.2, 0) is 11.8 Å². The Hall–Kier alpha value is -1.80. The highest BCUT2D eigenvalue weighted by Gasteiger charge is 2.56. The number of fused-ring (bicyclic) bond motifs is 4. The van der Waals surface area contributed by atoms with Crippen LogP contribution in [0.15, 0.2) is 48.5 Å². The second-order valence-electron chi connectivity index (χ2n) is 7.30. The standard InChI is InChI=1S/C20H23NO/c1-19(2)18-12-14-8-9-16(22)13-17(14)20(19,10-11-21-18)15-6-4-3-5-7-15/h3-9,13,18,21-22H,10-12H2,1-2H3. The van der Waals surface area contributed by atoms with Crippen LogP contribution >= 0.6 is 0 Å². The average molecular weight is 293 g/mol. The lowest BCUT2D eigenvalue weighted by Crippen LogP contribution is -2.64. The molecule has 2 nitrogen and oxygen atoms in total. The predicted octanol–water partition coefficient (Wildman–Crippen LogP) is 3.62. The van der Waals surface area contributed by atoms with E-state index in [0.29, 0.717) is 11.8 Å². The Morgan fingerprint density at radius 2 is 1.86 bits per heavy atom. The van der Waals surface area contributed by atoms with Crippen molar-refractivity contribution in [2.45, 2.75) is 38.1 Å². The van der Waals surface area contributed by atoms with E-state index in [2.05, 4.69) is 55.6 Å². The van der Waals surface area contributed by atoms with Gasteiger partial charge in [0.15, 0.2) is 0 Å². The van der Waals surface area contributed by atoms with Crippen LogP contribution < -0.4 is 5.32 Å². The zero-order valence-corrected chi connectivity index (χ0v) is 13.3. The molecule has 4 rings (SSSR count). The molecule has 1 saturated heterocycles. The highest BCUT2D eigenvalue weighted by atomic mass is 16.3. The highest BCUT2D eigenvalue weighted by molar-refractivity contribution is 5.52. The van der Waals surface area contributed by atoms with E-state index in [1.54, 1.807) is 0 Å². The molecule has 2 heteroatoms. The van der Waals surface area contributed by atoms with E-state index in [0.717, 1.165) is 19.4 Å². The van der Waals surface area contributed by atoms with Gasteiger partial charge in [-0.3, -0.25) is 0 Å². The van der Waals surface area contributed by atoms with E-state index >= 15 is 0 Å². The summed E-state index contributed by atoms with van der Waals surface area (Å²) in [7, 11) is 0. The normalized spacial score (nSPS) is 28.9. The number of benzene rings is 2. The van der Waals surface area contributed by atoms with Crippen LogP contribution in [0, 0.1) is 5.41 Å². The number of phenols is 1. The third-order valence-electron chi connectivity index (χ3n) is 6.11.